The highest BCUT2D eigenvalue weighted by Gasteiger charge is 2.23. The Morgan fingerprint density at radius 1 is 1.07 bits per heavy atom. The number of carbonyl (C=O) groups is 3. The predicted molar refractivity (Wildman–Crippen MR) is 107 cm³/mol. The molecule has 2 fully saturated rings. The van der Waals surface area contributed by atoms with Gasteiger partial charge in [0, 0.05) is 71.0 Å². The summed E-state index contributed by atoms with van der Waals surface area (Å²) in [7, 11) is 1.59. The van der Waals surface area contributed by atoms with Crippen molar-refractivity contribution in [1.82, 2.24) is 25.3 Å². The Morgan fingerprint density at radius 2 is 1.79 bits per heavy atom. The lowest BCUT2D eigenvalue weighted by Gasteiger charge is -2.34. The number of nitrogens with zero attached hydrogens (tertiary/aromatic N) is 3. The third-order valence-electron chi connectivity index (χ3n) is 5.13. The maximum atomic E-state index is 12.4. The first kappa shape index (κ1) is 19.9. The Labute approximate surface area is 165 Å². The third-order valence-corrected chi connectivity index (χ3v) is 5.13. The molecular formula is C20H27N5O3. The molecule has 8 heteroatoms. The fourth-order valence-electron chi connectivity index (χ4n) is 3.34. The number of rotatable bonds is 6. The molecule has 4 amide bonds. The molecule has 3 rings (SSSR count). The molecule has 28 heavy (non-hydrogen) atoms. The minimum absolute atomic E-state index is 0.00560. The fraction of sp³-hybridized carbons (Fsp3) is 0.450. The Kier molecular flexibility index (Phi) is 6.65. The van der Waals surface area contributed by atoms with E-state index < -0.39 is 0 Å². The van der Waals surface area contributed by atoms with E-state index in [1.54, 1.807) is 31.3 Å². The Hall–Kier alpha value is -2.87. The zero-order valence-electron chi connectivity index (χ0n) is 16.2. The maximum absolute atomic E-state index is 12.4. The lowest BCUT2D eigenvalue weighted by atomic mass is 10.1. The monoisotopic (exact) mass is 385 g/mol. The Morgan fingerprint density at radius 3 is 2.39 bits per heavy atom. The van der Waals surface area contributed by atoms with Crippen molar-refractivity contribution in [3.63, 3.8) is 0 Å². The van der Waals surface area contributed by atoms with Crippen LogP contribution in [-0.4, -0.2) is 92.0 Å². The van der Waals surface area contributed by atoms with E-state index in [0.29, 0.717) is 18.7 Å². The average Bonchev–Trinajstić information content (AvgIpc) is 3.15. The summed E-state index contributed by atoms with van der Waals surface area (Å²) in [4.78, 5) is 41.5. The van der Waals surface area contributed by atoms with E-state index >= 15 is 0 Å². The van der Waals surface area contributed by atoms with Gasteiger partial charge in [-0.1, -0.05) is 12.1 Å². The van der Waals surface area contributed by atoms with Crippen LogP contribution in [0.5, 0.6) is 0 Å². The molecule has 2 heterocycles. The van der Waals surface area contributed by atoms with Crippen LogP contribution in [0.25, 0.3) is 6.08 Å². The normalized spacial score (nSPS) is 17.8. The van der Waals surface area contributed by atoms with Crippen LogP contribution in [0, 0.1) is 0 Å². The third kappa shape index (κ3) is 5.10. The first-order valence-corrected chi connectivity index (χ1v) is 9.61. The van der Waals surface area contributed by atoms with Crippen molar-refractivity contribution in [2.24, 2.45) is 0 Å². The molecule has 0 unspecified atom stereocenters. The van der Waals surface area contributed by atoms with Crippen molar-refractivity contribution in [2.75, 3.05) is 59.4 Å². The van der Waals surface area contributed by atoms with E-state index in [4.69, 9.17) is 0 Å². The molecule has 0 aromatic heterocycles. The first-order valence-electron chi connectivity index (χ1n) is 9.61. The topological polar surface area (TPSA) is 85.0 Å². The van der Waals surface area contributed by atoms with Gasteiger partial charge in [-0.15, -0.1) is 0 Å². The zero-order chi connectivity index (χ0) is 19.9. The molecule has 0 aliphatic carbocycles. The molecule has 0 spiro atoms. The van der Waals surface area contributed by atoms with Crippen LogP contribution in [0.2, 0.25) is 0 Å². The number of benzene rings is 1. The van der Waals surface area contributed by atoms with Crippen LogP contribution < -0.4 is 10.6 Å². The molecule has 0 bridgehead atoms. The van der Waals surface area contributed by atoms with Crippen LogP contribution in [0.3, 0.4) is 0 Å². The molecular weight excluding hydrogens is 358 g/mol. The minimum Gasteiger partial charge on any atom is -0.355 e. The van der Waals surface area contributed by atoms with Crippen LogP contribution >= 0.6 is 0 Å². The number of piperazine rings is 1. The van der Waals surface area contributed by atoms with Gasteiger partial charge < -0.3 is 20.4 Å². The summed E-state index contributed by atoms with van der Waals surface area (Å²) in [6.45, 7) is 6.06. The van der Waals surface area contributed by atoms with Gasteiger partial charge >= 0.3 is 6.03 Å². The van der Waals surface area contributed by atoms with E-state index in [1.165, 1.54) is 0 Å². The number of urea groups is 1. The van der Waals surface area contributed by atoms with Crippen LogP contribution in [-0.2, 0) is 4.79 Å². The van der Waals surface area contributed by atoms with E-state index in [1.807, 2.05) is 21.9 Å². The average molecular weight is 385 g/mol. The highest BCUT2D eigenvalue weighted by Crippen LogP contribution is 2.08. The second-order valence-corrected chi connectivity index (χ2v) is 6.92. The summed E-state index contributed by atoms with van der Waals surface area (Å²) >= 11 is 0. The summed E-state index contributed by atoms with van der Waals surface area (Å²) in [5.74, 6) is -0.135. The number of amides is 4. The molecule has 8 nitrogen and oxygen atoms in total. The van der Waals surface area contributed by atoms with Crippen molar-refractivity contribution < 1.29 is 14.4 Å². The molecule has 0 radical (unpaired) electrons. The standard InChI is InChI=1S/C20H27N5O3/c1-21-19(27)17-5-2-16(3-6-17)4-7-18(26)24-13-10-23(11-14-24)12-15-25-9-8-22-20(25)28/h2-7H,8-15H2,1H3,(H,21,27)(H,22,28)/b7-4+. The molecule has 2 saturated heterocycles. The molecule has 2 N–H and O–H groups in total. The van der Waals surface area contributed by atoms with Gasteiger partial charge in [0.1, 0.15) is 0 Å². The van der Waals surface area contributed by atoms with Crippen LogP contribution in [0.15, 0.2) is 30.3 Å². The van der Waals surface area contributed by atoms with Gasteiger partial charge in [0.05, 0.1) is 0 Å². The lowest BCUT2D eigenvalue weighted by Crippen LogP contribution is -2.50. The molecule has 2 aliphatic heterocycles. The van der Waals surface area contributed by atoms with Gasteiger partial charge in [0.15, 0.2) is 0 Å². The second-order valence-electron chi connectivity index (χ2n) is 6.92. The fourth-order valence-corrected chi connectivity index (χ4v) is 3.34. The first-order chi connectivity index (χ1) is 13.6. The SMILES string of the molecule is CNC(=O)c1ccc(/C=C/C(=O)N2CCN(CCN3CCNC3=O)CC2)cc1. The molecule has 0 saturated carbocycles. The van der Waals surface area contributed by atoms with Crippen molar-refractivity contribution in [3.05, 3.63) is 41.5 Å². The largest absolute Gasteiger partial charge is 0.355 e. The van der Waals surface area contributed by atoms with Gasteiger partial charge in [0.25, 0.3) is 5.91 Å². The smallest absolute Gasteiger partial charge is 0.317 e. The van der Waals surface area contributed by atoms with E-state index in [0.717, 1.165) is 44.8 Å². The highest BCUT2D eigenvalue weighted by molar-refractivity contribution is 5.94. The minimum atomic E-state index is -0.130. The summed E-state index contributed by atoms with van der Waals surface area (Å²) in [6.07, 6.45) is 3.35. The summed E-state index contributed by atoms with van der Waals surface area (Å²) < 4.78 is 0. The highest BCUT2D eigenvalue weighted by atomic mass is 16.2. The van der Waals surface area contributed by atoms with E-state index in [-0.39, 0.29) is 17.8 Å². The van der Waals surface area contributed by atoms with Crippen molar-refractivity contribution in [3.8, 4) is 0 Å². The Bertz CT molecular complexity index is 739. The summed E-state index contributed by atoms with van der Waals surface area (Å²) in [5.41, 5.74) is 1.47. The van der Waals surface area contributed by atoms with Crippen molar-refractivity contribution >= 4 is 23.9 Å². The predicted octanol–water partition coefficient (Wildman–Crippen LogP) is 0.229. The maximum Gasteiger partial charge on any atom is 0.317 e. The quantitative estimate of drug-likeness (QED) is 0.687. The van der Waals surface area contributed by atoms with Crippen molar-refractivity contribution in [1.29, 1.82) is 0 Å². The van der Waals surface area contributed by atoms with Gasteiger partial charge in [-0.3, -0.25) is 14.5 Å². The van der Waals surface area contributed by atoms with Crippen molar-refractivity contribution in [2.45, 2.75) is 0 Å². The number of carbonyl (C=O) groups excluding carboxylic acids is 3. The number of hydrogen-bond acceptors (Lipinski definition) is 4. The van der Waals surface area contributed by atoms with Gasteiger partial charge in [-0.05, 0) is 23.8 Å². The molecule has 150 valence electrons. The van der Waals surface area contributed by atoms with Gasteiger partial charge in [-0.25, -0.2) is 4.79 Å². The number of hydrogen-bond donors (Lipinski definition) is 2. The number of nitrogens with one attached hydrogen (secondary N) is 2. The molecule has 0 atom stereocenters. The summed E-state index contributed by atoms with van der Waals surface area (Å²) in [5, 5.41) is 5.39. The summed E-state index contributed by atoms with van der Waals surface area (Å²) in [6, 6.07) is 7.13. The second kappa shape index (κ2) is 9.36. The van der Waals surface area contributed by atoms with Gasteiger partial charge in [-0.2, -0.15) is 0 Å². The van der Waals surface area contributed by atoms with Crippen LogP contribution in [0.1, 0.15) is 15.9 Å². The molecule has 2 aliphatic rings. The van der Waals surface area contributed by atoms with E-state index in [2.05, 4.69) is 15.5 Å². The molecule has 1 aromatic rings. The van der Waals surface area contributed by atoms with E-state index in [9.17, 15) is 14.4 Å². The van der Waals surface area contributed by atoms with Gasteiger partial charge in [0.2, 0.25) is 5.91 Å². The zero-order valence-corrected chi connectivity index (χ0v) is 16.2. The lowest BCUT2D eigenvalue weighted by molar-refractivity contribution is -0.127. The molecule has 1 aromatic carbocycles. The van der Waals surface area contributed by atoms with Crippen LogP contribution in [0.4, 0.5) is 4.79 Å². The Balaban J connectivity index is 1.42.